The molecule has 0 saturated heterocycles. The van der Waals surface area contributed by atoms with Gasteiger partial charge in [-0.1, -0.05) is 47.6 Å². The van der Waals surface area contributed by atoms with Gasteiger partial charge < -0.3 is 5.32 Å². The van der Waals surface area contributed by atoms with Crippen LogP contribution in [0.2, 0.25) is 0 Å². The molecule has 0 aromatic heterocycles. The number of hydrogen-bond donors (Lipinski definition) is 1. The predicted octanol–water partition coefficient (Wildman–Crippen LogP) is 4.19. The summed E-state index contributed by atoms with van der Waals surface area (Å²) in [6, 6.07) is 2.17. The number of benzene rings is 1. The van der Waals surface area contributed by atoms with Crippen molar-refractivity contribution in [2.75, 3.05) is 5.32 Å². The Kier molecular flexibility index (Phi) is 3.72. The van der Waals surface area contributed by atoms with Crippen molar-refractivity contribution in [3.63, 3.8) is 0 Å². The van der Waals surface area contributed by atoms with Gasteiger partial charge in [-0.15, -0.1) is 0 Å². The van der Waals surface area contributed by atoms with Crippen LogP contribution in [-0.2, 0) is 4.79 Å². The molecule has 0 bridgehead atoms. The highest BCUT2D eigenvalue weighted by molar-refractivity contribution is 6.52. The fraction of sp³-hybridized carbons (Fsp3) is 0.529. The molecule has 0 aliphatic carbocycles. The Balaban J connectivity index is 2.85. The number of ketones is 1. The third-order valence-corrected chi connectivity index (χ3v) is 3.92. The number of amides is 1. The molecule has 0 fully saturated rings. The second kappa shape index (κ2) is 5.04. The fourth-order valence-corrected chi connectivity index (χ4v) is 2.95. The van der Waals surface area contributed by atoms with Gasteiger partial charge in [-0.05, 0) is 34.4 Å². The van der Waals surface area contributed by atoms with Gasteiger partial charge in [0.25, 0.3) is 11.7 Å². The van der Waals surface area contributed by atoms with E-state index in [4.69, 9.17) is 0 Å². The number of rotatable bonds is 3. The lowest BCUT2D eigenvalue weighted by molar-refractivity contribution is -0.112. The summed E-state index contributed by atoms with van der Waals surface area (Å²) in [7, 11) is 0. The van der Waals surface area contributed by atoms with Crippen molar-refractivity contribution in [2.45, 2.75) is 59.3 Å². The smallest absolute Gasteiger partial charge is 0.296 e. The molecule has 0 unspecified atom stereocenters. The molecule has 1 aliphatic heterocycles. The Morgan fingerprint density at radius 3 is 1.85 bits per heavy atom. The third kappa shape index (κ3) is 2.15. The maximum absolute atomic E-state index is 12.3. The molecule has 0 spiro atoms. The van der Waals surface area contributed by atoms with Crippen LogP contribution in [0.3, 0.4) is 0 Å². The van der Waals surface area contributed by atoms with E-state index in [2.05, 4.69) is 52.9 Å². The molecule has 0 radical (unpaired) electrons. The minimum atomic E-state index is -0.496. The van der Waals surface area contributed by atoms with Crippen LogP contribution in [0.4, 0.5) is 5.69 Å². The van der Waals surface area contributed by atoms with Crippen molar-refractivity contribution in [3.8, 4) is 0 Å². The molecule has 3 heteroatoms. The first-order valence-electron chi connectivity index (χ1n) is 7.32. The average molecular weight is 273 g/mol. The summed E-state index contributed by atoms with van der Waals surface area (Å²) in [4.78, 5) is 24.1. The fourth-order valence-electron chi connectivity index (χ4n) is 2.95. The van der Waals surface area contributed by atoms with E-state index in [0.717, 1.165) is 16.8 Å². The molecule has 2 rings (SSSR count). The van der Waals surface area contributed by atoms with E-state index in [1.807, 2.05) is 0 Å². The Morgan fingerprint density at radius 1 is 0.850 bits per heavy atom. The van der Waals surface area contributed by atoms with Gasteiger partial charge in [0.1, 0.15) is 0 Å². The van der Waals surface area contributed by atoms with Crippen LogP contribution in [0.5, 0.6) is 0 Å². The van der Waals surface area contributed by atoms with Crippen LogP contribution in [0.25, 0.3) is 0 Å². The summed E-state index contributed by atoms with van der Waals surface area (Å²) in [6.07, 6.45) is 0. The van der Waals surface area contributed by atoms with E-state index < -0.39 is 5.91 Å². The number of fused-ring (bicyclic) bond motifs is 1. The molecule has 1 aromatic rings. The molecule has 0 atom stereocenters. The number of nitrogens with one attached hydrogen (secondary N) is 1. The van der Waals surface area contributed by atoms with E-state index in [1.165, 1.54) is 5.56 Å². The van der Waals surface area contributed by atoms with Gasteiger partial charge in [-0.3, -0.25) is 9.59 Å². The summed E-state index contributed by atoms with van der Waals surface area (Å²) in [6.45, 7) is 12.6. The molecular formula is C17H23NO2. The summed E-state index contributed by atoms with van der Waals surface area (Å²) < 4.78 is 0. The maximum Gasteiger partial charge on any atom is 0.296 e. The number of hydrogen-bond acceptors (Lipinski definition) is 2. The van der Waals surface area contributed by atoms with Crippen LogP contribution < -0.4 is 5.32 Å². The number of anilines is 1. The van der Waals surface area contributed by atoms with Gasteiger partial charge in [0, 0.05) is 0 Å². The van der Waals surface area contributed by atoms with E-state index in [0.29, 0.717) is 11.5 Å². The Morgan fingerprint density at radius 2 is 1.40 bits per heavy atom. The molecule has 1 N–H and O–H groups in total. The second-order valence-corrected chi connectivity index (χ2v) is 6.47. The average Bonchev–Trinajstić information content (AvgIpc) is 2.63. The van der Waals surface area contributed by atoms with Crippen LogP contribution >= 0.6 is 0 Å². The quantitative estimate of drug-likeness (QED) is 0.839. The zero-order valence-electron chi connectivity index (χ0n) is 13.1. The highest BCUT2D eigenvalue weighted by Gasteiger charge is 2.35. The van der Waals surface area contributed by atoms with E-state index >= 15 is 0 Å². The van der Waals surface area contributed by atoms with Crippen molar-refractivity contribution < 1.29 is 9.59 Å². The maximum atomic E-state index is 12.3. The van der Waals surface area contributed by atoms with Crippen molar-refractivity contribution in [2.24, 2.45) is 0 Å². The number of carbonyl (C=O) groups excluding carboxylic acids is 2. The molecule has 3 nitrogen and oxygen atoms in total. The van der Waals surface area contributed by atoms with E-state index in [1.54, 1.807) is 0 Å². The SMILES string of the molecule is CC(C)c1cc(C(C)C)c(C(C)C)c2c1NC(=O)C2=O. The zero-order valence-corrected chi connectivity index (χ0v) is 13.1. The molecule has 108 valence electrons. The Hall–Kier alpha value is -1.64. The lowest BCUT2D eigenvalue weighted by atomic mass is 9.82. The summed E-state index contributed by atoms with van der Waals surface area (Å²) >= 11 is 0. The molecule has 1 aromatic carbocycles. The van der Waals surface area contributed by atoms with Gasteiger partial charge in [-0.25, -0.2) is 0 Å². The van der Waals surface area contributed by atoms with Crippen molar-refractivity contribution in [1.82, 2.24) is 0 Å². The monoisotopic (exact) mass is 273 g/mol. The molecule has 1 amide bonds. The van der Waals surface area contributed by atoms with Crippen LogP contribution in [-0.4, -0.2) is 11.7 Å². The lowest BCUT2D eigenvalue weighted by Gasteiger charge is -2.22. The molecule has 0 saturated carbocycles. The molecule has 20 heavy (non-hydrogen) atoms. The zero-order chi connectivity index (χ0) is 15.2. The summed E-state index contributed by atoms with van der Waals surface area (Å²) in [5.74, 6) is -0.0517. The van der Waals surface area contributed by atoms with Crippen LogP contribution in [0.15, 0.2) is 6.07 Å². The third-order valence-electron chi connectivity index (χ3n) is 3.92. The largest absolute Gasteiger partial charge is 0.318 e. The van der Waals surface area contributed by atoms with Gasteiger partial charge >= 0.3 is 0 Å². The summed E-state index contributed by atoms with van der Waals surface area (Å²) in [5, 5.41) is 2.77. The van der Waals surface area contributed by atoms with Crippen LogP contribution in [0.1, 0.15) is 86.3 Å². The first-order valence-corrected chi connectivity index (χ1v) is 7.32. The van der Waals surface area contributed by atoms with Crippen molar-refractivity contribution in [1.29, 1.82) is 0 Å². The second-order valence-electron chi connectivity index (χ2n) is 6.47. The number of carbonyl (C=O) groups is 2. The van der Waals surface area contributed by atoms with Crippen LogP contribution in [0, 0.1) is 0 Å². The lowest BCUT2D eigenvalue weighted by Crippen LogP contribution is -2.14. The molecular weight excluding hydrogens is 250 g/mol. The van der Waals surface area contributed by atoms with Gasteiger partial charge in [0.05, 0.1) is 11.3 Å². The Bertz CT molecular complexity index is 583. The molecule has 1 heterocycles. The Labute approximate surface area is 120 Å². The summed E-state index contributed by atoms with van der Waals surface area (Å²) in [5.41, 5.74) is 4.63. The highest BCUT2D eigenvalue weighted by atomic mass is 16.2. The first-order chi connectivity index (χ1) is 9.25. The number of Topliss-reactive ketones (excluding diaryl/α,β-unsaturated/α-hetero) is 1. The van der Waals surface area contributed by atoms with Gasteiger partial charge in [-0.2, -0.15) is 0 Å². The van der Waals surface area contributed by atoms with Gasteiger partial charge in [0.2, 0.25) is 0 Å². The minimum Gasteiger partial charge on any atom is -0.318 e. The highest BCUT2D eigenvalue weighted by Crippen LogP contribution is 2.41. The van der Waals surface area contributed by atoms with E-state index in [-0.39, 0.29) is 17.6 Å². The topological polar surface area (TPSA) is 46.2 Å². The van der Waals surface area contributed by atoms with Gasteiger partial charge in [0.15, 0.2) is 0 Å². The first kappa shape index (κ1) is 14.8. The van der Waals surface area contributed by atoms with Crippen molar-refractivity contribution in [3.05, 3.63) is 28.3 Å². The van der Waals surface area contributed by atoms with E-state index in [9.17, 15) is 9.59 Å². The standard InChI is InChI=1S/C17H23NO2/c1-8(2)11-7-12(9(3)4)15-14(13(11)10(5)6)16(19)17(20)18-15/h7-10H,1-6H3,(H,18,19,20). The minimum absolute atomic E-state index is 0.221. The molecule has 1 aliphatic rings. The predicted molar refractivity (Wildman–Crippen MR) is 81.7 cm³/mol. The van der Waals surface area contributed by atoms with Crippen molar-refractivity contribution >= 4 is 17.4 Å². The normalized spacial score (nSPS) is 14.4.